The number of nitrogens with zero attached hydrogens (tertiary/aromatic N) is 2. The Bertz CT molecular complexity index is 1400. The van der Waals surface area contributed by atoms with Crippen LogP contribution in [0.2, 0.25) is 0 Å². The predicted octanol–water partition coefficient (Wildman–Crippen LogP) is 4.14. The number of methoxy groups -OCH3 is 1. The van der Waals surface area contributed by atoms with Gasteiger partial charge in [0.25, 0.3) is 5.56 Å². The van der Waals surface area contributed by atoms with Crippen LogP contribution in [0.25, 0.3) is 27.4 Å². The van der Waals surface area contributed by atoms with Crippen molar-refractivity contribution in [1.82, 2.24) is 9.55 Å². The Labute approximate surface area is 171 Å². The van der Waals surface area contributed by atoms with Crippen molar-refractivity contribution in [3.63, 3.8) is 0 Å². The fourth-order valence-electron chi connectivity index (χ4n) is 3.40. The molecule has 0 radical (unpaired) electrons. The first-order valence-corrected chi connectivity index (χ1v) is 8.80. The minimum atomic E-state index is -4.93. The van der Waals surface area contributed by atoms with Crippen molar-refractivity contribution in [3.05, 3.63) is 70.6 Å². The van der Waals surface area contributed by atoms with Gasteiger partial charge in [-0.15, -0.1) is 13.2 Å². The minimum absolute atomic E-state index is 0.0417. The normalized spacial score (nSPS) is 11.6. The van der Waals surface area contributed by atoms with E-state index >= 15 is 0 Å². The van der Waals surface area contributed by atoms with Gasteiger partial charge in [-0.2, -0.15) is 0 Å². The molecule has 4 aromatic rings. The largest absolute Gasteiger partial charge is 0.573 e. The predicted molar refractivity (Wildman–Crippen MR) is 105 cm³/mol. The van der Waals surface area contributed by atoms with Crippen LogP contribution in [0.3, 0.4) is 0 Å². The van der Waals surface area contributed by atoms with Crippen LogP contribution in [0.4, 0.5) is 13.2 Å². The molecule has 7 nitrogen and oxygen atoms in total. The molecule has 0 aliphatic heterocycles. The maximum Gasteiger partial charge on any atom is 0.573 e. The lowest BCUT2D eigenvalue weighted by molar-refractivity contribution is -0.274. The quantitative estimate of drug-likeness (QED) is 0.523. The van der Waals surface area contributed by atoms with Gasteiger partial charge in [0.2, 0.25) is 5.88 Å². The zero-order valence-electron chi connectivity index (χ0n) is 15.8. The lowest BCUT2D eigenvalue weighted by Crippen LogP contribution is -2.26. The first-order valence-electron chi connectivity index (χ1n) is 8.80. The van der Waals surface area contributed by atoms with E-state index in [9.17, 15) is 27.9 Å². The molecule has 158 valence electrons. The van der Waals surface area contributed by atoms with Gasteiger partial charge in [-0.25, -0.2) is 9.78 Å². The molecule has 0 aliphatic carbocycles. The van der Waals surface area contributed by atoms with Crippen molar-refractivity contribution < 1.29 is 32.5 Å². The fourth-order valence-corrected chi connectivity index (χ4v) is 3.40. The Balaban J connectivity index is 2.12. The van der Waals surface area contributed by atoms with Gasteiger partial charge in [0.05, 0.1) is 18.3 Å². The van der Waals surface area contributed by atoms with Gasteiger partial charge in [-0.1, -0.05) is 6.07 Å². The van der Waals surface area contributed by atoms with Crippen molar-refractivity contribution in [2.75, 3.05) is 7.11 Å². The summed E-state index contributed by atoms with van der Waals surface area (Å²) in [6.45, 7) is 0. The van der Waals surface area contributed by atoms with Crippen LogP contribution < -0.4 is 15.0 Å². The topological polar surface area (TPSA) is 90.7 Å². The summed E-state index contributed by atoms with van der Waals surface area (Å²) in [7, 11) is 1.42. The number of hydrogen-bond donors (Lipinski definition) is 1. The van der Waals surface area contributed by atoms with Crippen molar-refractivity contribution in [1.29, 1.82) is 0 Å². The molecule has 10 heteroatoms. The van der Waals surface area contributed by atoms with E-state index in [1.54, 1.807) is 24.3 Å². The highest BCUT2D eigenvalue weighted by Crippen LogP contribution is 2.31. The second-order valence-electron chi connectivity index (χ2n) is 6.46. The number of halogens is 3. The van der Waals surface area contributed by atoms with Gasteiger partial charge in [0.15, 0.2) is 0 Å². The Morgan fingerprint density at radius 3 is 2.55 bits per heavy atom. The smallest absolute Gasteiger partial charge is 0.481 e. The summed E-state index contributed by atoms with van der Waals surface area (Å²) in [4.78, 5) is 28.8. The van der Waals surface area contributed by atoms with Crippen LogP contribution in [-0.2, 0) is 0 Å². The number of fused-ring (bicyclic) bond motifs is 2. The Morgan fingerprint density at radius 2 is 1.87 bits per heavy atom. The number of carbonyl (C=O) groups is 1. The standard InChI is InChI=1S/C21H13F3N2O5/c1-30-18-14-3-2-4-16(13(14)7-8-25-18)26-17-10-12(31-21(22,23)24)6-5-11(17)9-15(19(26)27)20(28)29/h2-10H,1H3,(H,28,29). The highest BCUT2D eigenvalue weighted by atomic mass is 19.4. The second-order valence-corrected chi connectivity index (χ2v) is 6.46. The zero-order chi connectivity index (χ0) is 22.3. The molecule has 0 amide bonds. The number of rotatable bonds is 4. The van der Waals surface area contributed by atoms with Crippen LogP contribution in [0.15, 0.2) is 59.5 Å². The SMILES string of the molecule is COc1nccc2c(-n3c(=O)c(C(=O)O)cc4ccc(OC(F)(F)F)cc43)cccc12. The molecular formula is C21H13F3N2O5. The zero-order valence-corrected chi connectivity index (χ0v) is 15.8. The molecular weight excluding hydrogens is 417 g/mol. The summed E-state index contributed by atoms with van der Waals surface area (Å²) in [5, 5.41) is 10.7. The van der Waals surface area contributed by atoms with Gasteiger partial charge in [-0.3, -0.25) is 9.36 Å². The van der Waals surface area contributed by atoms with Crippen LogP contribution in [0, 0.1) is 0 Å². The van der Waals surface area contributed by atoms with E-state index in [1.807, 2.05) is 0 Å². The van der Waals surface area contributed by atoms with Crippen molar-refractivity contribution in [2.45, 2.75) is 6.36 Å². The maximum atomic E-state index is 13.1. The summed E-state index contributed by atoms with van der Waals surface area (Å²) >= 11 is 0. The number of aromatic nitrogens is 2. The number of alkyl halides is 3. The van der Waals surface area contributed by atoms with Crippen molar-refractivity contribution in [2.24, 2.45) is 0 Å². The summed E-state index contributed by atoms with van der Waals surface area (Å²) in [5.41, 5.74) is -1.15. The Hall–Kier alpha value is -4.08. The molecule has 0 unspecified atom stereocenters. The summed E-state index contributed by atoms with van der Waals surface area (Å²) in [6, 6.07) is 10.9. The molecule has 4 rings (SSSR count). The summed E-state index contributed by atoms with van der Waals surface area (Å²) < 4.78 is 48.4. The number of hydrogen-bond acceptors (Lipinski definition) is 5. The maximum absolute atomic E-state index is 13.1. The molecule has 0 spiro atoms. The number of pyridine rings is 2. The van der Waals surface area contributed by atoms with Crippen molar-refractivity contribution >= 4 is 27.6 Å². The van der Waals surface area contributed by atoms with Gasteiger partial charge >= 0.3 is 12.3 Å². The van der Waals surface area contributed by atoms with Gasteiger partial charge in [0, 0.05) is 23.0 Å². The van der Waals surface area contributed by atoms with Crippen LogP contribution in [-0.4, -0.2) is 34.1 Å². The molecule has 0 fully saturated rings. The molecule has 2 aromatic carbocycles. The van der Waals surface area contributed by atoms with E-state index in [0.717, 1.165) is 22.8 Å². The van der Waals surface area contributed by atoms with Crippen molar-refractivity contribution in [3.8, 4) is 17.3 Å². The number of benzene rings is 2. The van der Waals surface area contributed by atoms with Gasteiger partial charge in [0.1, 0.15) is 11.3 Å². The average Bonchev–Trinajstić information content (AvgIpc) is 2.71. The Morgan fingerprint density at radius 1 is 1.10 bits per heavy atom. The first kappa shape index (κ1) is 20.2. The molecule has 0 saturated heterocycles. The monoisotopic (exact) mass is 430 g/mol. The van der Waals surface area contributed by atoms with E-state index in [0.29, 0.717) is 10.8 Å². The highest BCUT2D eigenvalue weighted by Gasteiger charge is 2.31. The van der Waals surface area contributed by atoms with Gasteiger partial charge < -0.3 is 14.6 Å². The molecule has 0 saturated carbocycles. The van der Waals surface area contributed by atoms with Gasteiger partial charge in [-0.05, 0) is 41.8 Å². The molecule has 0 bridgehead atoms. The van der Waals surface area contributed by atoms with E-state index in [1.165, 1.54) is 19.4 Å². The van der Waals surface area contributed by atoms with Crippen LogP contribution in [0.5, 0.6) is 11.6 Å². The van der Waals surface area contributed by atoms with E-state index in [-0.39, 0.29) is 22.5 Å². The lowest BCUT2D eigenvalue weighted by Gasteiger charge is -2.16. The molecule has 2 heterocycles. The number of carboxylic acid groups (broad SMARTS) is 1. The number of aromatic carboxylic acids is 1. The molecule has 0 aliphatic rings. The van der Waals surface area contributed by atoms with E-state index < -0.39 is 29.2 Å². The fraction of sp³-hybridized carbons (Fsp3) is 0.0952. The number of ether oxygens (including phenoxy) is 2. The first-order chi connectivity index (χ1) is 14.7. The highest BCUT2D eigenvalue weighted by molar-refractivity contribution is 5.97. The van der Waals surface area contributed by atoms with E-state index in [2.05, 4.69) is 9.72 Å². The Kier molecular flexibility index (Phi) is 4.77. The molecule has 1 N–H and O–H groups in total. The average molecular weight is 430 g/mol. The third-order valence-electron chi connectivity index (χ3n) is 4.62. The minimum Gasteiger partial charge on any atom is -0.481 e. The third-order valence-corrected chi connectivity index (χ3v) is 4.62. The lowest BCUT2D eigenvalue weighted by atomic mass is 10.1. The van der Waals surface area contributed by atoms with Crippen LogP contribution >= 0.6 is 0 Å². The summed E-state index contributed by atoms with van der Waals surface area (Å²) in [5.74, 6) is -1.74. The second kappa shape index (κ2) is 7.31. The third kappa shape index (κ3) is 3.63. The van der Waals surface area contributed by atoms with Crippen LogP contribution in [0.1, 0.15) is 10.4 Å². The molecule has 0 atom stereocenters. The summed E-state index contributed by atoms with van der Waals surface area (Å²) in [6.07, 6.45) is -3.49. The molecule has 31 heavy (non-hydrogen) atoms. The van der Waals surface area contributed by atoms with E-state index in [4.69, 9.17) is 4.74 Å². The molecule has 2 aromatic heterocycles. The number of carboxylic acids is 1.